The summed E-state index contributed by atoms with van der Waals surface area (Å²) in [6.07, 6.45) is 1.55. The number of nitrogens with zero attached hydrogens (tertiary/aromatic N) is 3. The molecule has 3 amide bonds. The summed E-state index contributed by atoms with van der Waals surface area (Å²) in [5.41, 5.74) is 0.788. The van der Waals surface area contributed by atoms with Gasteiger partial charge in [-0.2, -0.15) is 0 Å². The van der Waals surface area contributed by atoms with E-state index in [1.54, 1.807) is 48.2 Å². The zero-order chi connectivity index (χ0) is 22.0. The number of furan rings is 1. The molecule has 1 aromatic heterocycles. The molecular weight excluding hydrogens is 402 g/mol. The molecule has 9 nitrogen and oxygen atoms in total. The molecule has 2 aliphatic rings. The molecule has 0 saturated carbocycles. The van der Waals surface area contributed by atoms with Crippen LogP contribution in [0.2, 0.25) is 0 Å². The molecule has 0 aliphatic carbocycles. The van der Waals surface area contributed by atoms with Gasteiger partial charge < -0.3 is 14.1 Å². The van der Waals surface area contributed by atoms with Crippen LogP contribution in [0.1, 0.15) is 34.3 Å². The smallest absolute Gasteiger partial charge is 0.338 e. The summed E-state index contributed by atoms with van der Waals surface area (Å²) in [7, 11) is 0. The van der Waals surface area contributed by atoms with Gasteiger partial charge >= 0.3 is 5.97 Å². The first-order valence-corrected chi connectivity index (χ1v) is 10.2. The molecule has 162 valence electrons. The molecule has 3 heterocycles. The average Bonchev–Trinajstić information content (AvgIpc) is 3.42. The molecule has 4 rings (SSSR count). The fourth-order valence-electron chi connectivity index (χ4n) is 3.93. The first kappa shape index (κ1) is 20.8. The number of ether oxygens (including phenoxy) is 1. The highest BCUT2D eigenvalue weighted by molar-refractivity contribution is 6.22. The zero-order valence-corrected chi connectivity index (χ0v) is 17.2. The average molecular weight is 425 g/mol. The number of hydrogen-bond donors (Lipinski definition) is 0. The monoisotopic (exact) mass is 425 g/mol. The summed E-state index contributed by atoms with van der Waals surface area (Å²) >= 11 is 0. The zero-order valence-electron chi connectivity index (χ0n) is 17.2. The minimum atomic E-state index is -0.557. The first-order chi connectivity index (χ1) is 15.0. The molecule has 1 atom stereocenters. The van der Waals surface area contributed by atoms with Crippen LogP contribution in [0.3, 0.4) is 0 Å². The molecule has 0 N–H and O–H groups in total. The van der Waals surface area contributed by atoms with Gasteiger partial charge in [0.05, 0.1) is 36.6 Å². The molecule has 0 radical (unpaired) electrons. The highest BCUT2D eigenvalue weighted by Gasteiger charge is 2.43. The Labute approximate surface area is 179 Å². The van der Waals surface area contributed by atoms with Gasteiger partial charge in [-0.3, -0.25) is 19.3 Å². The summed E-state index contributed by atoms with van der Waals surface area (Å²) in [5, 5.41) is 0. The third-order valence-electron chi connectivity index (χ3n) is 5.53. The van der Waals surface area contributed by atoms with Crippen molar-refractivity contribution >= 4 is 29.4 Å². The van der Waals surface area contributed by atoms with E-state index in [4.69, 9.17) is 9.15 Å². The van der Waals surface area contributed by atoms with E-state index in [0.29, 0.717) is 37.4 Å². The summed E-state index contributed by atoms with van der Waals surface area (Å²) < 4.78 is 10.1. The number of carbonyl (C=O) groups excluding carboxylic acids is 4. The number of imide groups is 1. The van der Waals surface area contributed by atoms with Crippen LogP contribution in [0.5, 0.6) is 0 Å². The quantitative estimate of drug-likeness (QED) is 0.529. The molecular formula is C22H23N3O6. The van der Waals surface area contributed by atoms with E-state index in [-0.39, 0.29) is 36.5 Å². The van der Waals surface area contributed by atoms with E-state index in [9.17, 15) is 19.2 Å². The highest BCUT2D eigenvalue weighted by atomic mass is 16.5. The van der Waals surface area contributed by atoms with Crippen LogP contribution < -0.4 is 4.90 Å². The summed E-state index contributed by atoms with van der Waals surface area (Å²) in [4.78, 5) is 54.6. The van der Waals surface area contributed by atoms with Crippen molar-refractivity contribution in [1.82, 2.24) is 9.80 Å². The summed E-state index contributed by atoms with van der Waals surface area (Å²) in [6.45, 7) is 3.88. The fourth-order valence-corrected chi connectivity index (χ4v) is 3.93. The Balaban J connectivity index is 1.40. The van der Waals surface area contributed by atoms with Gasteiger partial charge in [0.1, 0.15) is 0 Å². The number of benzene rings is 1. The Bertz CT molecular complexity index is 977. The van der Waals surface area contributed by atoms with Crippen LogP contribution in [-0.2, 0) is 14.3 Å². The van der Waals surface area contributed by atoms with Gasteiger partial charge in [-0.05, 0) is 43.3 Å². The second-order valence-corrected chi connectivity index (χ2v) is 7.36. The van der Waals surface area contributed by atoms with Crippen molar-refractivity contribution in [2.75, 3.05) is 37.7 Å². The topological polar surface area (TPSA) is 100 Å². The Hall–Kier alpha value is -3.46. The van der Waals surface area contributed by atoms with Crippen molar-refractivity contribution < 1.29 is 28.3 Å². The lowest BCUT2D eigenvalue weighted by Gasteiger charge is -2.36. The molecule has 31 heavy (non-hydrogen) atoms. The Morgan fingerprint density at radius 1 is 1.06 bits per heavy atom. The number of rotatable bonds is 5. The van der Waals surface area contributed by atoms with Gasteiger partial charge in [0, 0.05) is 26.2 Å². The Morgan fingerprint density at radius 2 is 1.77 bits per heavy atom. The molecule has 1 aromatic carbocycles. The van der Waals surface area contributed by atoms with Gasteiger partial charge in [-0.1, -0.05) is 0 Å². The van der Waals surface area contributed by atoms with Crippen LogP contribution >= 0.6 is 0 Å². The van der Waals surface area contributed by atoms with Crippen molar-refractivity contribution in [1.29, 1.82) is 0 Å². The maximum Gasteiger partial charge on any atom is 0.338 e. The van der Waals surface area contributed by atoms with Crippen molar-refractivity contribution in [2.45, 2.75) is 19.4 Å². The van der Waals surface area contributed by atoms with E-state index in [1.807, 2.05) is 4.90 Å². The van der Waals surface area contributed by atoms with E-state index in [0.717, 1.165) is 0 Å². The van der Waals surface area contributed by atoms with Gasteiger partial charge in [0.15, 0.2) is 5.76 Å². The van der Waals surface area contributed by atoms with Crippen molar-refractivity contribution in [3.8, 4) is 0 Å². The van der Waals surface area contributed by atoms with Crippen LogP contribution in [0, 0.1) is 0 Å². The fraction of sp³-hybridized carbons (Fsp3) is 0.364. The van der Waals surface area contributed by atoms with Crippen LogP contribution in [0.4, 0.5) is 5.69 Å². The van der Waals surface area contributed by atoms with E-state index < -0.39 is 12.0 Å². The van der Waals surface area contributed by atoms with E-state index in [2.05, 4.69) is 0 Å². The molecule has 0 spiro atoms. The first-order valence-electron chi connectivity index (χ1n) is 10.2. The van der Waals surface area contributed by atoms with E-state index >= 15 is 0 Å². The van der Waals surface area contributed by atoms with Gasteiger partial charge in [-0.25, -0.2) is 9.69 Å². The van der Waals surface area contributed by atoms with Gasteiger partial charge in [0.25, 0.3) is 11.8 Å². The largest absolute Gasteiger partial charge is 0.462 e. The van der Waals surface area contributed by atoms with Crippen molar-refractivity contribution in [3.63, 3.8) is 0 Å². The van der Waals surface area contributed by atoms with Crippen molar-refractivity contribution in [2.24, 2.45) is 0 Å². The van der Waals surface area contributed by atoms with Gasteiger partial charge in [0.2, 0.25) is 5.91 Å². The summed E-state index contributed by atoms with van der Waals surface area (Å²) in [6, 6.07) is 8.96. The highest BCUT2D eigenvalue weighted by Crippen LogP contribution is 2.27. The second-order valence-electron chi connectivity index (χ2n) is 7.36. The lowest BCUT2D eigenvalue weighted by molar-refractivity contribution is -0.123. The molecule has 9 heteroatoms. The minimum absolute atomic E-state index is 0.0879. The molecule has 0 bridgehead atoms. The lowest BCUT2D eigenvalue weighted by Crippen LogP contribution is -2.53. The van der Waals surface area contributed by atoms with E-state index in [1.165, 1.54) is 11.2 Å². The predicted molar refractivity (Wildman–Crippen MR) is 109 cm³/mol. The number of hydrogen-bond acceptors (Lipinski definition) is 7. The normalized spacial score (nSPS) is 19.7. The second kappa shape index (κ2) is 8.73. The molecule has 2 aromatic rings. The number of esters is 1. The van der Waals surface area contributed by atoms with Crippen LogP contribution in [0.25, 0.3) is 0 Å². The maximum atomic E-state index is 13.0. The minimum Gasteiger partial charge on any atom is -0.462 e. The maximum absolute atomic E-state index is 13.0. The van der Waals surface area contributed by atoms with Gasteiger partial charge in [-0.15, -0.1) is 0 Å². The Kier molecular flexibility index (Phi) is 5.85. The van der Waals surface area contributed by atoms with Crippen LogP contribution in [0.15, 0.2) is 47.1 Å². The number of anilines is 1. The lowest BCUT2D eigenvalue weighted by atomic mass is 10.1. The Morgan fingerprint density at radius 3 is 2.39 bits per heavy atom. The standard InChI is InChI=1S/C22H23N3O6/c1-2-30-22(29)15-5-7-16(8-6-15)25-19(26)14-17(20(25)27)23-9-11-24(12-10-23)21(28)18-4-3-13-31-18/h3-8,13,17H,2,9-12,14H2,1H3/t17-/m1/s1. The third kappa shape index (κ3) is 4.09. The molecule has 2 aliphatic heterocycles. The van der Waals surface area contributed by atoms with Crippen LogP contribution in [-0.4, -0.2) is 72.3 Å². The number of amides is 3. The summed E-state index contributed by atoms with van der Waals surface area (Å²) in [5.74, 6) is -0.916. The number of carbonyl (C=O) groups is 4. The molecule has 0 unspecified atom stereocenters. The third-order valence-corrected chi connectivity index (χ3v) is 5.53. The molecule has 2 fully saturated rings. The van der Waals surface area contributed by atoms with Crippen molar-refractivity contribution in [3.05, 3.63) is 54.0 Å². The SMILES string of the molecule is CCOC(=O)c1ccc(N2C(=O)C[C@@H](N3CCN(C(=O)c4ccco4)CC3)C2=O)cc1. The molecule has 2 saturated heterocycles. The number of piperazine rings is 1. The predicted octanol–water partition coefficient (Wildman–Crippen LogP) is 1.55.